The molecule has 0 radical (unpaired) electrons. The Bertz CT molecular complexity index is 406. The van der Waals surface area contributed by atoms with Gasteiger partial charge in [-0.2, -0.15) is 0 Å². The van der Waals surface area contributed by atoms with E-state index in [4.69, 9.17) is 5.73 Å². The number of amides is 1. The van der Waals surface area contributed by atoms with Crippen LogP contribution in [0.25, 0.3) is 0 Å². The monoisotopic (exact) mass is 207 g/mol. The van der Waals surface area contributed by atoms with Crippen LogP contribution in [0.4, 0.5) is 11.5 Å². The van der Waals surface area contributed by atoms with Gasteiger partial charge in [0.25, 0.3) is 0 Å². The quantitative estimate of drug-likeness (QED) is 0.683. The lowest BCUT2D eigenvalue weighted by Gasteiger charge is -2.17. The van der Waals surface area contributed by atoms with Gasteiger partial charge in [-0.3, -0.25) is 9.69 Å². The Kier molecular flexibility index (Phi) is 2.32. The Hall–Kier alpha value is -1.62. The van der Waals surface area contributed by atoms with E-state index in [2.05, 4.69) is 4.98 Å². The average molecular weight is 207 g/mol. The van der Waals surface area contributed by atoms with Crippen molar-refractivity contribution in [2.24, 2.45) is 0 Å². The minimum atomic E-state index is -0.612. The van der Waals surface area contributed by atoms with Gasteiger partial charge in [0.05, 0.1) is 24.8 Å². The molecule has 1 aliphatic rings. The molecule has 1 atom stereocenters. The maximum atomic E-state index is 11.5. The number of aliphatic hydroxyl groups is 1. The Morgan fingerprint density at radius 2 is 2.40 bits per heavy atom. The number of anilines is 2. The predicted octanol–water partition coefficient (Wildman–Crippen LogP) is 0.0698. The standard InChI is InChI=1S/C10H13N3O2/c1-6-2-3-12-10(9(6)11)13-5-7(14)4-8(13)15/h2-3,7,14H,4-5,11H2,1H3. The average Bonchev–Trinajstić information content (AvgIpc) is 2.50. The summed E-state index contributed by atoms with van der Waals surface area (Å²) >= 11 is 0. The Balaban J connectivity index is 2.38. The second-order valence-corrected chi connectivity index (χ2v) is 3.73. The normalized spacial score (nSPS) is 21.1. The zero-order valence-corrected chi connectivity index (χ0v) is 8.47. The zero-order valence-electron chi connectivity index (χ0n) is 8.47. The number of hydrogen-bond acceptors (Lipinski definition) is 4. The van der Waals surface area contributed by atoms with Crippen molar-refractivity contribution in [3.63, 3.8) is 0 Å². The summed E-state index contributed by atoms with van der Waals surface area (Å²) in [6.45, 7) is 2.14. The molecule has 0 bridgehead atoms. The second-order valence-electron chi connectivity index (χ2n) is 3.73. The number of carbonyl (C=O) groups excluding carboxylic acids is 1. The smallest absolute Gasteiger partial charge is 0.230 e. The highest BCUT2D eigenvalue weighted by Crippen LogP contribution is 2.27. The van der Waals surface area contributed by atoms with Crippen LogP contribution in [0.1, 0.15) is 12.0 Å². The summed E-state index contributed by atoms with van der Waals surface area (Å²) in [7, 11) is 0. The van der Waals surface area contributed by atoms with Gasteiger partial charge in [-0.15, -0.1) is 0 Å². The number of nitrogen functional groups attached to an aromatic ring is 1. The molecule has 15 heavy (non-hydrogen) atoms. The van der Waals surface area contributed by atoms with Crippen molar-refractivity contribution in [1.29, 1.82) is 0 Å². The molecule has 1 amide bonds. The molecule has 1 fully saturated rings. The van der Waals surface area contributed by atoms with E-state index < -0.39 is 6.10 Å². The van der Waals surface area contributed by atoms with E-state index in [1.807, 2.05) is 6.92 Å². The Morgan fingerprint density at radius 1 is 1.67 bits per heavy atom. The molecule has 3 N–H and O–H groups in total. The molecule has 0 spiro atoms. The van der Waals surface area contributed by atoms with Gasteiger partial charge in [0.2, 0.25) is 5.91 Å². The summed E-state index contributed by atoms with van der Waals surface area (Å²) in [4.78, 5) is 17.0. The molecule has 5 heteroatoms. The van der Waals surface area contributed by atoms with Crippen LogP contribution in [0.15, 0.2) is 12.3 Å². The number of rotatable bonds is 1. The largest absolute Gasteiger partial charge is 0.396 e. The second kappa shape index (κ2) is 3.51. The highest BCUT2D eigenvalue weighted by Gasteiger charge is 2.31. The fourth-order valence-corrected chi connectivity index (χ4v) is 1.66. The van der Waals surface area contributed by atoms with Gasteiger partial charge in [0.15, 0.2) is 5.82 Å². The van der Waals surface area contributed by atoms with Crippen LogP contribution < -0.4 is 10.6 Å². The lowest BCUT2D eigenvalue weighted by molar-refractivity contribution is -0.117. The van der Waals surface area contributed by atoms with E-state index in [-0.39, 0.29) is 18.9 Å². The number of pyridine rings is 1. The van der Waals surface area contributed by atoms with Crippen molar-refractivity contribution >= 4 is 17.4 Å². The number of hydrogen-bond donors (Lipinski definition) is 2. The van der Waals surface area contributed by atoms with Gasteiger partial charge in [-0.05, 0) is 18.6 Å². The molecule has 1 aromatic heterocycles. The fourth-order valence-electron chi connectivity index (χ4n) is 1.66. The fraction of sp³-hybridized carbons (Fsp3) is 0.400. The van der Waals surface area contributed by atoms with Crippen LogP contribution in [0.5, 0.6) is 0 Å². The van der Waals surface area contributed by atoms with E-state index in [9.17, 15) is 9.90 Å². The van der Waals surface area contributed by atoms with Crippen molar-refractivity contribution in [3.8, 4) is 0 Å². The van der Waals surface area contributed by atoms with Crippen LogP contribution in [-0.2, 0) is 4.79 Å². The molecular formula is C10H13N3O2. The number of nitrogens with zero attached hydrogens (tertiary/aromatic N) is 2. The van der Waals surface area contributed by atoms with Crippen molar-refractivity contribution in [1.82, 2.24) is 4.98 Å². The Labute approximate surface area is 87.5 Å². The third-order valence-electron chi connectivity index (χ3n) is 2.55. The summed E-state index contributed by atoms with van der Waals surface area (Å²) in [5, 5.41) is 9.36. The topological polar surface area (TPSA) is 79.5 Å². The van der Waals surface area contributed by atoms with Crippen LogP contribution in [-0.4, -0.2) is 28.6 Å². The van der Waals surface area contributed by atoms with Gasteiger partial charge in [0.1, 0.15) is 0 Å². The predicted molar refractivity (Wildman–Crippen MR) is 56.4 cm³/mol. The molecule has 1 unspecified atom stereocenters. The number of carbonyl (C=O) groups is 1. The minimum absolute atomic E-state index is 0.132. The highest BCUT2D eigenvalue weighted by atomic mass is 16.3. The van der Waals surface area contributed by atoms with Gasteiger partial charge in [-0.1, -0.05) is 0 Å². The molecule has 0 saturated carbocycles. The summed E-state index contributed by atoms with van der Waals surface area (Å²) in [5.41, 5.74) is 7.22. The molecule has 0 aliphatic carbocycles. The first-order chi connectivity index (χ1) is 7.09. The molecule has 1 aliphatic heterocycles. The SMILES string of the molecule is Cc1ccnc(N2CC(O)CC2=O)c1N. The summed E-state index contributed by atoms with van der Waals surface area (Å²) in [6.07, 6.45) is 1.15. The minimum Gasteiger partial charge on any atom is -0.396 e. The summed E-state index contributed by atoms with van der Waals surface area (Å²) < 4.78 is 0. The molecule has 0 aromatic carbocycles. The summed E-state index contributed by atoms with van der Waals surface area (Å²) in [6, 6.07) is 1.79. The van der Waals surface area contributed by atoms with Gasteiger partial charge < -0.3 is 10.8 Å². The number of nitrogens with two attached hydrogens (primary N) is 1. The summed E-state index contributed by atoms with van der Waals surface area (Å²) in [5.74, 6) is 0.323. The first-order valence-corrected chi connectivity index (χ1v) is 4.79. The van der Waals surface area contributed by atoms with E-state index in [1.165, 1.54) is 4.90 Å². The van der Waals surface area contributed by atoms with Gasteiger partial charge in [-0.25, -0.2) is 4.98 Å². The van der Waals surface area contributed by atoms with E-state index in [1.54, 1.807) is 12.3 Å². The molecule has 2 rings (SSSR count). The highest BCUT2D eigenvalue weighted by molar-refractivity contribution is 5.97. The number of aliphatic hydroxyl groups excluding tert-OH is 1. The third-order valence-corrected chi connectivity index (χ3v) is 2.55. The van der Waals surface area contributed by atoms with Gasteiger partial charge >= 0.3 is 0 Å². The van der Waals surface area contributed by atoms with Crippen molar-refractivity contribution in [2.45, 2.75) is 19.4 Å². The van der Waals surface area contributed by atoms with E-state index in [0.717, 1.165) is 5.56 Å². The van der Waals surface area contributed by atoms with Gasteiger partial charge in [0, 0.05) is 6.20 Å². The lowest BCUT2D eigenvalue weighted by atomic mass is 10.2. The molecule has 1 aromatic rings. The van der Waals surface area contributed by atoms with Crippen molar-refractivity contribution in [3.05, 3.63) is 17.8 Å². The maximum absolute atomic E-state index is 11.5. The number of aryl methyl sites for hydroxylation is 1. The maximum Gasteiger partial charge on any atom is 0.230 e. The van der Waals surface area contributed by atoms with Crippen LogP contribution >= 0.6 is 0 Å². The molecule has 80 valence electrons. The first-order valence-electron chi connectivity index (χ1n) is 4.79. The molecule has 1 saturated heterocycles. The zero-order chi connectivity index (χ0) is 11.0. The molecule has 2 heterocycles. The Morgan fingerprint density at radius 3 is 3.00 bits per heavy atom. The number of aromatic nitrogens is 1. The van der Waals surface area contributed by atoms with Crippen molar-refractivity contribution in [2.75, 3.05) is 17.2 Å². The first kappa shape index (κ1) is 9.92. The lowest BCUT2D eigenvalue weighted by Crippen LogP contribution is -2.27. The number of β-amino-alcohol motifs (C(OH)–C–C–N with tert-alkyl or cyclic N) is 1. The van der Waals surface area contributed by atoms with Crippen LogP contribution in [0.3, 0.4) is 0 Å². The van der Waals surface area contributed by atoms with E-state index >= 15 is 0 Å². The molecule has 5 nitrogen and oxygen atoms in total. The van der Waals surface area contributed by atoms with Crippen LogP contribution in [0, 0.1) is 6.92 Å². The van der Waals surface area contributed by atoms with Crippen molar-refractivity contribution < 1.29 is 9.90 Å². The third kappa shape index (κ3) is 1.66. The van der Waals surface area contributed by atoms with Crippen LogP contribution in [0.2, 0.25) is 0 Å². The molecular weight excluding hydrogens is 194 g/mol. The van der Waals surface area contributed by atoms with E-state index in [0.29, 0.717) is 11.5 Å².